The van der Waals surface area contributed by atoms with Gasteiger partial charge in [-0.3, -0.25) is 0 Å². The number of rotatable bonds is 2. The van der Waals surface area contributed by atoms with Crippen LogP contribution >= 0.6 is 0 Å². The molecule has 0 aromatic heterocycles. The molecule has 1 heterocycles. The molecule has 0 aromatic carbocycles. The topological polar surface area (TPSA) is 12.2 Å². The van der Waals surface area contributed by atoms with Gasteiger partial charge >= 0.3 is 5.90 Å². The van der Waals surface area contributed by atoms with Gasteiger partial charge in [-0.15, -0.1) is 0 Å². The number of hydrogen-bond donors (Lipinski definition) is 0. The molecule has 1 aliphatic carbocycles. The van der Waals surface area contributed by atoms with Crippen LogP contribution in [0, 0.1) is 0 Å². The molecule has 1 unspecified atom stereocenters. The molecule has 0 amide bonds. The Hall–Kier alpha value is -0.790. The van der Waals surface area contributed by atoms with Gasteiger partial charge in [0.1, 0.15) is 11.7 Å². The van der Waals surface area contributed by atoms with Gasteiger partial charge in [0.25, 0.3) is 0 Å². The van der Waals surface area contributed by atoms with E-state index in [0.717, 1.165) is 5.90 Å². The Morgan fingerprint density at radius 3 is 2.47 bits per heavy atom. The van der Waals surface area contributed by atoms with Crippen molar-refractivity contribution in [2.75, 3.05) is 0 Å². The maximum atomic E-state index is 5.90. The summed E-state index contributed by atoms with van der Waals surface area (Å²) in [5, 5.41) is 0. The molecule has 1 fully saturated rings. The second-order valence-corrected chi connectivity index (χ2v) is 5.10. The molecule has 1 aliphatic heterocycles. The summed E-state index contributed by atoms with van der Waals surface area (Å²) in [4.78, 5) is 0. The number of ether oxygens (including phenoxy) is 1. The Morgan fingerprint density at radius 2 is 1.93 bits per heavy atom. The fourth-order valence-corrected chi connectivity index (χ4v) is 2.62. The fourth-order valence-electron chi connectivity index (χ4n) is 2.62. The van der Waals surface area contributed by atoms with Crippen molar-refractivity contribution in [2.45, 2.75) is 65.1 Å². The zero-order valence-corrected chi connectivity index (χ0v) is 10.3. The third-order valence-electron chi connectivity index (χ3n) is 3.23. The van der Waals surface area contributed by atoms with Crippen LogP contribution in [-0.4, -0.2) is 28.7 Å². The third-order valence-corrected chi connectivity index (χ3v) is 3.23. The van der Waals surface area contributed by atoms with Gasteiger partial charge in [0, 0.05) is 0 Å². The molecule has 0 N–H and O–H groups in total. The van der Waals surface area contributed by atoms with E-state index in [4.69, 9.17) is 4.74 Å². The van der Waals surface area contributed by atoms with Crippen LogP contribution in [0.1, 0.15) is 47.0 Å². The van der Waals surface area contributed by atoms with Gasteiger partial charge in [-0.1, -0.05) is 6.08 Å². The summed E-state index contributed by atoms with van der Waals surface area (Å²) < 4.78 is 8.28. The summed E-state index contributed by atoms with van der Waals surface area (Å²) in [6.45, 7) is 8.92. The molecular formula is C13H22NO+. The first kappa shape index (κ1) is 10.7. The van der Waals surface area contributed by atoms with Crippen LogP contribution in [0.25, 0.3) is 0 Å². The first-order chi connectivity index (χ1) is 7.11. The number of allylic oxidation sites excluding steroid dienone is 1. The SMILES string of the molecule is CC(C)[N+](=C1OC2CCCC=C12)C(C)C. The van der Waals surface area contributed by atoms with Crippen LogP contribution < -0.4 is 0 Å². The third kappa shape index (κ3) is 1.82. The average molecular weight is 208 g/mol. The molecule has 2 rings (SSSR count). The monoisotopic (exact) mass is 208 g/mol. The summed E-state index contributed by atoms with van der Waals surface area (Å²) in [5.74, 6) is 1.14. The van der Waals surface area contributed by atoms with Crippen molar-refractivity contribution in [3.63, 3.8) is 0 Å². The number of fused-ring (bicyclic) bond motifs is 1. The van der Waals surface area contributed by atoms with Gasteiger partial charge < -0.3 is 4.74 Å². The minimum Gasteiger partial charge on any atom is -0.436 e. The van der Waals surface area contributed by atoms with Crippen molar-refractivity contribution < 1.29 is 9.31 Å². The van der Waals surface area contributed by atoms with E-state index in [1.54, 1.807) is 0 Å². The van der Waals surface area contributed by atoms with E-state index in [1.165, 1.54) is 24.8 Å². The van der Waals surface area contributed by atoms with Crippen LogP contribution in [0.2, 0.25) is 0 Å². The van der Waals surface area contributed by atoms with E-state index >= 15 is 0 Å². The van der Waals surface area contributed by atoms with Gasteiger partial charge in [-0.2, -0.15) is 4.58 Å². The van der Waals surface area contributed by atoms with Crippen LogP contribution in [0.4, 0.5) is 0 Å². The van der Waals surface area contributed by atoms with E-state index < -0.39 is 0 Å². The van der Waals surface area contributed by atoms with Gasteiger partial charge in [0.05, 0.1) is 0 Å². The van der Waals surface area contributed by atoms with Crippen LogP contribution in [0.5, 0.6) is 0 Å². The Kier molecular flexibility index (Phi) is 2.85. The van der Waals surface area contributed by atoms with Gasteiger partial charge in [0.15, 0.2) is 12.1 Å². The Bertz CT molecular complexity index is 302. The molecule has 0 bridgehead atoms. The normalized spacial score (nSPS) is 24.5. The lowest BCUT2D eigenvalue weighted by atomic mass is 9.91. The van der Waals surface area contributed by atoms with Gasteiger partial charge in [0.2, 0.25) is 0 Å². The maximum absolute atomic E-state index is 5.90. The molecule has 0 saturated carbocycles. The summed E-state index contributed by atoms with van der Waals surface area (Å²) in [7, 11) is 0. The second-order valence-electron chi connectivity index (χ2n) is 5.10. The molecule has 15 heavy (non-hydrogen) atoms. The summed E-state index contributed by atoms with van der Waals surface area (Å²) in [6.07, 6.45) is 6.49. The Morgan fingerprint density at radius 1 is 1.27 bits per heavy atom. The molecule has 2 heteroatoms. The van der Waals surface area contributed by atoms with Crippen LogP contribution in [0.15, 0.2) is 11.6 Å². The van der Waals surface area contributed by atoms with Crippen molar-refractivity contribution in [1.82, 2.24) is 0 Å². The molecule has 0 aromatic rings. The van der Waals surface area contributed by atoms with Crippen molar-refractivity contribution in [3.05, 3.63) is 11.6 Å². The molecule has 0 spiro atoms. The fraction of sp³-hybridized carbons (Fsp3) is 0.769. The lowest BCUT2D eigenvalue weighted by molar-refractivity contribution is -0.597. The lowest BCUT2D eigenvalue weighted by Gasteiger charge is -2.34. The standard InChI is InChI=1S/C13H22NO/c1-9(2)14(10(3)4)13-11-7-5-6-8-12(11)15-13/h7,9-10,12H,5-6,8H2,1-4H3/q+1. The first-order valence-corrected chi connectivity index (χ1v) is 6.13. The quantitative estimate of drug-likeness (QED) is 0.636. The van der Waals surface area contributed by atoms with Crippen LogP contribution in [0.3, 0.4) is 0 Å². The molecule has 1 atom stereocenters. The highest BCUT2D eigenvalue weighted by molar-refractivity contribution is 5.96. The first-order valence-electron chi connectivity index (χ1n) is 6.13. The molecular weight excluding hydrogens is 186 g/mol. The highest BCUT2D eigenvalue weighted by Crippen LogP contribution is 2.32. The summed E-state index contributed by atoms with van der Waals surface area (Å²) in [5.41, 5.74) is 1.46. The largest absolute Gasteiger partial charge is 0.436 e. The number of hydrogen-bond acceptors (Lipinski definition) is 1. The highest BCUT2D eigenvalue weighted by atomic mass is 16.5. The molecule has 0 radical (unpaired) electrons. The smallest absolute Gasteiger partial charge is 0.370 e. The zero-order valence-electron chi connectivity index (χ0n) is 10.3. The van der Waals surface area contributed by atoms with Gasteiger partial charge in [-0.25, -0.2) is 0 Å². The van der Waals surface area contributed by atoms with Crippen molar-refractivity contribution in [3.8, 4) is 0 Å². The van der Waals surface area contributed by atoms with Crippen molar-refractivity contribution in [2.24, 2.45) is 0 Å². The predicted octanol–water partition coefficient (Wildman–Crippen LogP) is 2.72. The minimum atomic E-state index is 0.411. The lowest BCUT2D eigenvalue weighted by Crippen LogP contribution is -2.47. The summed E-state index contributed by atoms with van der Waals surface area (Å²) in [6, 6.07) is 1.03. The Balaban J connectivity index is 2.29. The number of nitrogens with zero attached hydrogens (tertiary/aromatic N) is 1. The molecule has 84 valence electrons. The van der Waals surface area contributed by atoms with Gasteiger partial charge in [-0.05, 0) is 47.0 Å². The Labute approximate surface area is 92.6 Å². The summed E-state index contributed by atoms with van der Waals surface area (Å²) >= 11 is 0. The van der Waals surface area contributed by atoms with E-state index in [0.29, 0.717) is 18.2 Å². The predicted molar refractivity (Wildman–Crippen MR) is 62.3 cm³/mol. The van der Waals surface area contributed by atoms with Crippen molar-refractivity contribution in [1.29, 1.82) is 0 Å². The molecule has 2 aliphatic rings. The van der Waals surface area contributed by atoms with Crippen molar-refractivity contribution >= 4 is 5.90 Å². The molecule has 2 nitrogen and oxygen atoms in total. The van der Waals surface area contributed by atoms with E-state index in [-0.39, 0.29) is 0 Å². The highest BCUT2D eigenvalue weighted by Gasteiger charge is 2.43. The van der Waals surface area contributed by atoms with Crippen LogP contribution in [-0.2, 0) is 4.74 Å². The minimum absolute atomic E-state index is 0.411. The van der Waals surface area contributed by atoms with E-state index in [1.807, 2.05) is 0 Å². The molecule has 1 saturated heterocycles. The second kappa shape index (κ2) is 3.99. The maximum Gasteiger partial charge on any atom is 0.370 e. The van der Waals surface area contributed by atoms with E-state index in [9.17, 15) is 0 Å². The average Bonchev–Trinajstić information content (AvgIpc) is 2.12. The zero-order chi connectivity index (χ0) is 11.0. The van der Waals surface area contributed by atoms with E-state index in [2.05, 4.69) is 38.3 Å².